The molecular formula is C19H23N3S. The largest absolute Gasteiger partial charge is 0.349 e. The van der Waals surface area contributed by atoms with Gasteiger partial charge in [0.05, 0.1) is 19.0 Å². The van der Waals surface area contributed by atoms with Crippen LogP contribution < -0.4 is 10.2 Å². The number of anilines is 1. The quantitative estimate of drug-likeness (QED) is 0.838. The van der Waals surface area contributed by atoms with Gasteiger partial charge in [0.25, 0.3) is 0 Å². The number of fused-ring (bicyclic) bond motifs is 1. The van der Waals surface area contributed by atoms with E-state index < -0.39 is 0 Å². The molecule has 0 atom stereocenters. The molecule has 1 saturated carbocycles. The standard InChI is InChI=1S/C19H23N3S/c23-19-20-13-21(16-9-2-1-3-10-16)14-22(19)18-12-6-8-15-7-4-5-11-17(15)18/h4-8,11-12,16H,1-3,9-10,13-14H2,(H,20,23). The van der Waals surface area contributed by atoms with Crippen LogP contribution in [0.1, 0.15) is 32.1 Å². The van der Waals surface area contributed by atoms with Gasteiger partial charge in [-0.15, -0.1) is 0 Å². The zero-order chi connectivity index (χ0) is 15.6. The average molecular weight is 325 g/mol. The molecule has 2 aromatic carbocycles. The molecule has 1 aliphatic carbocycles. The van der Waals surface area contributed by atoms with Crippen LogP contribution in [0.15, 0.2) is 42.5 Å². The van der Waals surface area contributed by atoms with Crippen LogP contribution in [0.5, 0.6) is 0 Å². The molecule has 2 aliphatic rings. The molecule has 0 aromatic heterocycles. The first kappa shape index (κ1) is 14.9. The molecule has 1 heterocycles. The van der Waals surface area contributed by atoms with E-state index in [2.05, 4.69) is 57.6 Å². The number of hydrogen-bond donors (Lipinski definition) is 1. The molecule has 0 bridgehead atoms. The molecule has 4 rings (SSSR count). The van der Waals surface area contributed by atoms with Gasteiger partial charge in [-0.25, -0.2) is 0 Å². The predicted molar refractivity (Wildman–Crippen MR) is 101 cm³/mol. The molecular weight excluding hydrogens is 302 g/mol. The van der Waals surface area contributed by atoms with Crippen LogP contribution in [0.2, 0.25) is 0 Å². The predicted octanol–water partition coefficient (Wildman–Crippen LogP) is 4.08. The Balaban J connectivity index is 1.64. The second-order valence-corrected chi connectivity index (χ2v) is 6.98. The zero-order valence-electron chi connectivity index (χ0n) is 13.4. The van der Waals surface area contributed by atoms with Crippen molar-refractivity contribution < 1.29 is 0 Å². The molecule has 120 valence electrons. The van der Waals surface area contributed by atoms with E-state index in [4.69, 9.17) is 12.2 Å². The minimum atomic E-state index is 0.692. The van der Waals surface area contributed by atoms with Crippen molar-refractivity contribution in [3.8, 4) is 0 Å². The lowest BCUT2D eigenvalue weighted by Gasteiger charge is -2.43. The molecule has 1 aliphatic heterocycles. The number of nitrogens with one attached hydrogen (secondary N) is 1. The first-order valence-corrected chi connectivity index (χ1v) is 9.01. The van der Waals surface area contributed by atoms with Gasteiger partial charge in [-0.1, -0.05) is 55.7 Å². The van der Waals surface area contributed by atoms with Crippen molar-refractivity contribution in [2.45, 2.75) is 38.1 Å². The molecule has 1 saturated heterocycles. The fraction of sp³-hybridized carbons (Fsp3) is 0.421. The summed E-state index contributed by atoms with van der Waals surface area (Å²) in [5, 5.41) is 6.80. The Bertz CT molecular complexity index is 703. The summed E-state index contributed by atoms with van der Waals surface area (Å²) in [7, 11) is 0. The van der Waals surface area contributed by atoms with Gasteiger partial charge in [0.1, 0.15) is 0 Å². The van der Waals surface area contributed by atoms with Gasteiger partial charge in [0.2, 0.25) is 0 Å². The molecule has 0 unspecified atom stereocenters. The van der Waals surface area contributed by atoms with Crippen molar-refractivity contribution in [3.05, 3.63) is 42.5 Å². The zero-order valence-corrected chi connectivity index (χ0v) is 14.2. The lowest BCUT2D eigenvalue weighted by molar-refractivity contribution is 0.148. The van der Waals surface area contributed by atoms with Crippen molar-refractivity contribution in [3.63, 3.8) is 0 Å². The van der Waals surface area contributed by atoms with Crippen LogP contribution in [0.3, 0.4) is 0 Å². The Morgan fingerprint density at radius 3 is 2.61 bits per heavy atom. The molecule has 0 amide bonds. The van der Waals surface area contributed by atoms with E-state index in [9.17, 15) is 0 Å². The van der Waals surface area contributed by atoms with Gasteiger partial charge in [0, 0.05) is 11.4 Å². The molecule has 1 N–H and O–H groups in total. The van der Waals surface area contributed by atoms with Crippen molar-refractivity contribution in [1.29, 1.82) is 0 Å². The van der Waals surface area contributed by atoms with Crippen LogP contribution >= 0.6 is 12.2 Å². The van der Waals surface area contributed by atoms with Crippen LogP contribution in [-0.4, -0.2) is 29.4 Å². The fourth-order valence-electron chi connectivity index (χ4n) is 3.88. The summed E-state index contributed by atoms with van der Waals surface area (Å²) >= 11 is 5.61. The maximum absolute atomic E-state index is 5.61. The van der Waals surface area contributed by atoms with Crippen molar-refractivity contribution in [1.82, 2.24) is 10.2 Å². The third-order valence-corrected chi connectivity index (χ3v) is 5.51. The smallest absolute Gasteiger partial charge is 0.175 e. The van der Waals surface area contributed by atoms with E-state index in [-0.39, 0.29) is 0 Å². The van der Waals surface area contributed by atoms with E-state index in [1.165, 1.54) is 48.6 Å². The SMILES string of the molecule is S=C1NCN(C2CCCCC2)CN1c1cccc2ccccc12. The highest BCUT2D eigenvalue weighted by Crippen LogP contribution is 2.30. The van der Waals surface area contributed by atoms with E-state index >= 15 is 0 Å². The molecule has 0 spiro atoms. The van der Waals surface area contributed by atoms with Crippen molar-refractivity contribution in [2.24, 2.45) is 0 Å². The number of nitrogens with zero attached hydrogens (tertiary/aromatic N) is 2. The van der Waals surface area contributed by atoms with Gasteiger partial charge < -0.3 is 10.2 Å². The first-order chi connectivity index (χ1) is 11.3. The van der Waals surface area contributed by atoms with E-state index in [0.29, 0.717) is 6.04 Å². The minimum absolute atomic E-state index is 0.692. The van der Waals surface area contributed by atoms with Crippen LogP contribution in [0, 0.1) is 0 Å². The topological polar surface area (TPSA) is 18.5 Å². The summed E-state index contributed by atoms with van der Waals surface area (Å²) < 4.78 is 0. The highest BCUT2D eigenvalue weighted by molar-refractivity contribution is 7.80. The van der Waals surface area contributed by atoms with Crippen LogP contribution in [0.4, 0.5) is 5.69 Å². The molecule has 2 aromatic rings. The van der Waals surface area contributed by atoms with Crippen LogP contribution in [-0.2, 0) is 0 Å². The van der Waals surface area contributed by atoms with Gasteiger partial charge >= 0.3 is 0 Å². The monoisotopic (exact) mass is 325 g/mol. The number of thiocarbonyl (C=S) groups is 1. The van der Waals surface area contributed by atoms with Gasteiger partial charge in [-0.05, 0) is 36.5 Å². The van der Waals surface area contributed by atoms with Crippen LogP contribution in [0.25, 0.3) is 10.8 Å². The Morgan fingerprint density at radius 2 is 1.74 bits per heavy atom. The fourth-order valence-corrected chi connectivity index (χ4v) is 4.10. The number of hydrogen-bond acceptors (Lipinski definition) is 2. The molecule has 2 fully saturated rings. The third-order valence-electron chi connectivity index (χ3n) is 5.15. The first-order valence-electron chi connectivity index (χ1n) is 8.60. The maximum Gasteiger partial charge on any atom is 0.175 e. The second kappa shape index (κ2) is 6.46. The molecule has 23 heavy (non-hydrogen) atoms. The lowest BCUT2D eigenvalue weighted by Crippen LogP contribution is -2.59. The maximum atomic E-state index is 5.61. The summed E-state index contributed by atoms with van der Waals surface area (Å²) in [6.45, 7) is 1.77. The van der Waals surface area contributed by atoms with Gasteiger partial charge in [-0.3, -0.25) is 4.90 Å². The summed E-state index contributed by atoms with van der Waals surface area (Å²) in [4.78, 5) is 4.81. The number of rotatable bonds is 2. The number of benzene rings is 2. The summed E-state index contributed by atoms with van der Waals surface area (Å²) in [6, 6.07) is 15.7. The Hall–Kier alpha value is -1.65. The lowest BCUT2D eigenvalue weighted by atomic mass is 9.94. The summed E-state index contributed by atoms with van der Waals surface area (Å²) in [6.07, 6.45) is 6.75. The second-order valence-electron chi connectivity index (χ2n) is 6.59. The Morgan fingerprint density at radius 1 is 0.957 bits per heavy atom. The molecule has 0 radical (unpaired) electrons. The molecule has 4 heteroatoms. The van der Waals surface area contributed by atoms with E-state index in [0.717, 1.165) is 18.4 Å². The average Bonchev–Trinajstić information content (AvgIpc) is 2.62. The summed E-state index contributed by atoms with van der Waals surface area (Å²) in [5.41, 5.74) is 1.21. The van der Waals surface area contributed by atoms with Crippen molar-refractivity contribution >= 4 is 33.8 Å². The van der Waals surface area contributed by atoms with Crippen molar-refractivity contribution in [2.75, 3.05) is 18.2 Å². The Labute approximate surface area is 143 Å². The normalized spacial score (nSPS) is 20.7. The highest BCUT2D eigenvalue weighted by Gasteiger charge is 2.28. The molecule has 3 nitrogen and oxygen atoms in total. The van der Waals surface area contributed by atoms with E-state index in [1.54, 1.807) is 0 Å². The minimum Gasteiger partial charge on any atom is -0.349 e. The summed E-state index contributed by atoms with van der Waals surface area (Å²) in [5.74, 6) is 0. The van der Waals surface area contributed by atoms with Gasteiger partial charge in [-0.2, -0.15) is 0 Å². The van der Waals surface area contributed by atoms with E-state index in [1.807, 2.05) is 0 Å². The van der Waals surface area contributed by atoms with Gasteiger partial charge in [0.15, 0.2) is 5.11 Å². The third kappa shape index (κ3) is 2.93. The Kier molecular flexibility index (Phi) is 4.19. The highest BCUT2D eigenvalue weighted by atomic mass is 32.1.